The lowest BCUT2D eigenvalue weighted by Crippen LogP contribution is -1.69. The largest absolute Gasteiger partial charge is 0.433 e. The Hall–Kier alpha value is -0.210. The molecular formula is C5H7Cl2NO. The molecule has 9 heavy (non-hydrogen) atoms. The first-order valence-electron chi connectivity index (χ1n) is 2.29. The average molecular weight is 168 g/mol. The number of nitrogens with zero attached hydrogens (tertiary/aromatic N) is 1. The van der Waals surface area contributed by atoms with E-state index in [2.05, 4.69) is 4.98 Å². The van der Waals surface area contributed by atoms with Gasteiger partial charge in [0, 0.05) is 0 Å². The highest BCUT2D eigenvalue weighted by Crippen LogP contribution is 2.11. The van der Waals surface area contributed by atoms with Crippen molar-refractivity contribution < 1.29 is 4.42 Å². The molecule has 0 saturated heterocycles. The van der Waals surface area contributed by atoms with Crippen LogP contribution in [-0.2, 0) is 0 Å². The Morgan fingerprint density at radius 2 is 2.00 bits per heavy atom. The van der Waals surface area contributed by atoms with Gasteiger partial charge in [0.15, 0.2) is 0 Å². The molecule has 0 unspecified atom stereocenters. The van der Waals surface area contributed by atoms with E-state index in [0.717, 1.165) is 11.5 Å². The highest BCUT2D eigenvalue weighted by Gasteiger charge is 1.99. The fourth-order valence-electron chi connectivity index (χ4n) is 0.434. The van der Waals surface area contributed by atoms with Gasteiger partial charge < -0.3 is 4.42 Å². The van der Waals surface area contributed by atoms with E-state index in [-0.39, 0.29) is 17.8 Å². The number of aryl methyl sites for hydroxylation is 2. The molecule has 0 aromatic carbocycles. The molecule has 2 nitrogen and oxygen atoms in total. The van der Waals surface area contributed by atoms with E-state index < -0.39 is 0 Å². The third-order valence-electron chi connectivity index (χ3n) is 1.00. The predicted octanol–water partition coefficient (Wildman–Crippen LogP) is 2.37. The molecule has 52 valence electrons. The van der Waals surface area contributed by atoms with Gasteiger partial charge in [-0.3, -0.25) is 0 Å². The molecule has 1 heterocycles. The Morgan fingerprint density at radius 1 is 1.44 bits per heavy atom. The molecule has 0 fully saturated rings. The maximum Gasteiger partial charge on any atom is 0.292 e. The van der Waals surface area contributed by atoms with Gasteiger partial charge in [-0.15, -0.1) is 12.4 Å². The van der Waals surface area contributed by atoms with E-state index in [1.165, 1.54) is 0 Å². The molecule has 0 radical (unpaired) electrons. The number of aromatic nitrogens is 1. The average Bonchev–Trinajstić information content (AvgIpc) is 1.85. The van der Waals surface area contributed by atoms with Gasteiger partial charge in [-0.25, -0.2) is 4.98 Å². The summed E-state index contributed by atoms with van der Waals surface area (Å²) in [5.41, 5.74) is 0.856. The Morgan fingerprint density at radius 3 is 2.11 bits per heavy atom. The summed E-state index contributed by atoms with van der Waals surface area (Å²) in [5.74, 6) is 0.787. The summed E-state index contributed by atoms with van der Waals surface area (Å²) in [5, 5.41) is 0.222. The summed E-state index contributed by atoms with van der Waals surface area (Å²) >= 11 is 5.39. The van der Waals surface area contributed by atoms with E-state index in [1.807, 2.05) is 13.8 Å². The molecule has 0 spiro atoms. The molecule has 0 aliphatic carbocycles. The molecule has 1 rings (SSSR count). The molecule has 0 aliphatic heterocycles. The highest BCUT2D eigenvalue weighted by molar-refractivity contribution is 6.27. The number of halogens is 2. The first-order chi connectivity index (χ1) is 3.70. The number of hydrogen-bond donors (Lipinski definition) is 0. The smallest absolute Gasteiger partial charge is 0.292 e. The van der Waals surface area contributed by atoms with Crippen molar-refractivity contribution in [1.82, 2.24) is 4.98 Å². The van der Waals surface area contributed by atoms with Gasteiger partial charge in [0.05, 0.1) is 5.69 Å². The van der Waals surface area contributed by atoms with Crippen LogP contribution >= 0.6 is 24.0 Å². The fraction of sp³-hybridized carbons (Fsp3) is 0.400. The predicted molar refractivity (Wildman–Crippen MR) is 38.2 cm³/mol. The van der Waals surface area contributed by atoms with Gasteiger partial charge >= 0.3 is 0 Å². The van der Waals surface area contributed by atoms with Crippen LogP contribution in [0.15, 0.2) is 4.42 Å². The van der Waals surface area contributed by atoms with Gasteiger partial charge in [0.2, 0.25) is 0 Å². The van der Waals surface area contributed by atoms with Crippen LogP contribution < -0.4 is 0 Å². The van der Waals surface area contributed by atoms with Gasteiger partial charge in [-0.1, -0.05) is 0 Å². The molecule has 0 aliphatic rings. The molecule has 4 heteroatoms. The summed E-state index contributed by atoms with van der Waals surface area (Å²) in [6.07, 6.45) is 0. The zero-order valence-electron chi connectivity index (χ0n) is 5.14. The minimum atomic E-state index is 0. The van der Waals surface area contributed by atoms with Crippen molar-refractivity contribution in [3.8, 4) is 0 Å². The Bertz CT molecular complexity index is 177. The molecule has 0 saturated carbocycles. The van der Waals surface area contributed by atoms with Crippen LogP contribution in [0.4, 0.5) is 0 Å². The molecule has 0 amide bonds. The quantitative estimate of drug-likeness (QED) is 0.594. The third kappa shape index (κ3) is 1.88. The maximum absolute atomic E-state index is 5.39. The summed E-state index contributed by atoms with van der Waals surface area (Å²) in [4.78, 5) is 3.81. The Balaban J connectivity index is 0.000000640. The highest BCUT2D eigenvalue weighted by atomic mass is 35.5. The number of rotatable bonds is 0. The van der Waals surface area contributed by atoms with Gasteiger partial charge in [-0.2, -0.15) is 0 Å². The summed E-state index contributed by atoms with van der Waals surface area (Å²) < 4.78 is 4.87. The van der Waals surface area contributed by atoms with Crippen LogP contribution in [0.2, 0.25) is 5.35 Å². The fourth-order valence-corrected chi connectivity index (χ4v) is 0.676. The molecule has 0 atom stereocenters. The molecule has 0 N–H and O–H groups in total. The van der Waals surface area contributed by atoms with Crippen molar-refractivity contribution in [2.45, 2.75) is 13.8 Å². The minimum Gasteiger partial charge on any atom is -0.433 e. The monoisotopic (exact) mass is 167 g/mol. The van der Waals surface area contributed by atoms with Crippen molar-refractivity contribution in [3.05, 3.63) is 16.8 Å². The second-order valence-corrected chi connectivity index (χ2v) is 1.93. The van der Waals surface area contributed by atoms with E-state index >= 15 is 0 Å². The van der Waals surface area contributed by atoms with Crippen LogP contribution in [0.3, 0.4) is 0 Å². The van der Waals surface area contributed by atoms with Crippen molar-refractivity contribution in [1.29, 1.82) is 0 Å². The van der Waals surface area contributed by atoms with Gasteiger partial charge in [0.1, 0.15) is 5.76 Å². The van der Waals surface area contributed by atoms with Gasteiger partial charge in [-0.05, 0) is 25.4 Å². The number of oxazole rings is 1. The zero-order valence-corrected chi connectivity index (χ0v) is 6.71. The van der Waals surface area contributed by atoms with Crippen LogP contribution in [0.1, 0.15) is 11.5 Å². The van der Waals surface area contributed by atoms with E-state index in [0.29, 0.717) is 0 Å². The van der Waals surface area contributed by atoms with E-state index in [1.54, 1.807) is 0 Å². The second-order valence-electron chi connectivity index (χ2n) is 1.61. The molecule has 1 aromatic rings. The van der Waals surface area contributed by atoms with Crippen LogP contribution in [0.25, 0.3) is 0 Å². The first-order valence-corrected chi connectivity index (χ1v) is 2.67. The maximum atomic E-state index is 5.39. The van der Waals surface area contributed by atoms with Crippen molar-refractivity contribution >= 4 is 24.0 Å². The summed E-state index contributed by atoms with van der Waals surface area (Å²) in [6.45, 7) is 3.68. The lowest BCUT2D eigenvalue weighted by molar-refractivity contribution is 0.527. The number of hydrogen-bond acceptors (Lipinski definition) is 2. The Labute approximate surface area is 64.6 Å². The van der Waals surface area contributed by atoms with Crippen molar-refractivity contribution in [2.24, 2.45) is 0 Å². The second kappa shape index (κ2) is 3.08. The van der Waals surface area contributed by atoms with Crippen LogP contribution in [-0.4, -0.2) is 4.98 Å². The van der Waals surface area contributed by atoms with E-state index in [4.69, 9.17) is 16.0 Å². The Kier molecular flexibility index (Phi) is 3.01. The summed E-state index contributed by atoms with van der Waals surface area (Å²) in [6, 6.07) is 0. The molecule has 1 aromatic heterocycles. The molecule has 0 bridgehead atoms. The zero-order chi connectivity index (χ0) is 6.15. The SMILES string of the molecule is Cc1nc(Cl)oc1C.Cl. The standard InChI is InChI=1S/C5H6ClNO.ClH/c1-3-4(2)8-5(6)7-3;/h1-2H3;1H. The van der Waals surface area contributed by atoms with Crippen LogP contribution in [0, 0.1) is 13.8 Å². The normalized spacial score (nSPS) is 8.78. The minimum absolute atomic E-state index is 0. The van der Waals surface area contributed by atoms with Crippen molar-refractivity contribution in [3.63, 3.8) is 0 Å². The van der Waals surface area contributed by atoms with Gasteiger partial charge in [0.25, 0.3) is 5.35 Å². The lowest BCUT2D eigenvalue weighted by Gasteiger charge is -1.76. The topological polar surface area (TPSA) is 26.0 Å². The lowest BCUT2D eigenvalue weighted by atomic mass is 10.4. The first kappa shape index (κ1) is 8.79. The summed E-state index contributed by atoms with van der Waals surface area (Å²) in [7, 11) is 0. The van der Waals surface area contributed by atoms with Crippen LogP contribution in [0.5, 0.6) is 0 Å². The molecular weight excluding hydrogens is 161 g/mol. The van der Waals surface area contributed by atoms with E-state index in [9.17, 15) is 0 Å². The third-order valence-corrected chi connectivity index (χ3v) is 1.16. The van der Waals surface area contributed by atoms with Crippen molar-refractivity contribution in [2.75, 3.05) is 0 Å².